The number of aromatic nitrogens is 1. The maximum atomic E-state index is 13.6. The lowest BCUT2D eigenvalue weighted by Crippen LogP contribution is -2.50. The molecule has 0 fully saturated rings. The number of aliphatic hydroxyl groups is 1. The average Bonchev–Trinajstić information content (AvgIpc) is 2.91. The lowest BCUT2D eigenvalue weighted by atomic mass is 9.99. The third-order valence-electron chi connectivity index (χ3n) is 6.45. The van der Waals surface area contributed by atoms with Crippen LogP contribution in [-0.4, -0.2) is 70.7 Å². The number of ether oxygens (including phenoxy) is 1. The molecule has 36 heavy (non-hydrogen) atoms. The summed E-state index contributed by atoms with van der Waals surface area (Å²) in [7, 11) is 1.71. The van der Waals surface area contributed by atoms with Crippen LogP contribution in [0.25, 0.3) is 11.1 Å². The van der Waals surface area contributed by atoms with Crippen molar-refractivity contribution in [2.24, 2.45) is 5.92 Å². The zero-order valence-electron chi connectivity index (χ0n) is 20.8. The normalized spacial score (nSPS) is 18.3. The molecule has 0 unspecified atom stereocenters. The second kappa shape index (κ2) is 11.2. The summed E-state index contributed by atoms with van der Waals surface area (Å²) in [5, 5.41) is 12.7. The lowest BCUT2D eigenvalue weighted by Gasteiger charge is -2.37. The van der Waals surface area contributed by atoms with E-state index >= 15 is 0 Å². The predicted molar refractivity (Wildman–Crippen MR) is 139 cm³/mol. The van der Waals surface area contributed by atoms with Crippen molar-refractivity contribution in [1.29, 1.82) is 0 Å². The number of nitrogens with one attached hydrogen (secondary N) is 1. The minimum atomic E-state index is -0.424. The Morgan fingerprint density at radius 1 is 1.17 bits per heavy atom. The van der Waals surface area contributed by atoms with Gasteiger partial charge in [0, 0.05) is 37.0 Å². The van der Waals surface area contributed by atoms with Crippen molar-refractivity contribution in [3.63, 3.8) is 0 Å². The highest BCUT2D eigenvalue weighted by Gasteiger charge is 2.34. The van der Waals surface area contributed by atoms with Gasteiger partial charge in [-0.15, -0.1) is 0 Å². The molecule has 8 nitrogen and oxygen atoms in total. The first-order valence-electron chi connectivity index (χ1n) is 12.1. The molecule has 0 radical (unpaired) electrons. The van der Waals surface area contributed by atoms with Gasteiger partial charge in [-0.2, -0.15) is 0 Å². The van der Waals surface area contributed by atoms with Gasteiger partial charge in [0.1, 0.15) is 11.7 Å². The first-order chi connectivity index (χ1) is 17.4. The highest BCUT2D eigenvalue weighted by atomic mass is 16.5. The van der Waals surface area contributed by atoms with Crippen LogP contribution in [-0.2, 0) is 0 Å². The molecule has 3 amide bonds. The summed E-state index contributed by atoms with van der Waals surface area (Å²) in [4.78, 5) is 34.1. The SMILES string of the molecule is C[C@@H]1CN([C@@H](C)CO)C(=O)c2cc(-c3ccccc3)cnc2O[C@@H]1CN(C)C(=O)Nc1ccccc1. The molecule has 0 spiro atoms. The number of carbonyl (C=O) groups is 2. The summed E-state index contributed by atoms with van der Waals surface area (Å²) in [5.74, 6) is -0.140. The molecule has 4 rings (SSSR count). The molecule has 1 aliphatic heterocycles. The van der Waals surface area contributed by atoms with Crippen molar-refractivity contribution in [2.45, 2.75) is 26.0 Å². The number of pyridine rings is 1. The monoisotopic (exact) mass is 488 g/mol. The molecule has 1 aromatic heterocycles. The fourth-order valence-electron chi connectivity index (χ4n) is 4.20. The molecule has 2 aromatic carbocycles. The second-order valence-corrected chi connectivity index (χ2v) is 9.24. The number of rotatable bonds is 6. The van der Waals surface area contributed by atoms with Crippen LogP contribution in [0.5, 0.6) is 5.88 Å². The quantitative estimate of drug-likeness (QED) is 0.544. The smallest absolute Gasteiger partial charge is 0.321 e. The van der Waals surface area contributed by atoms with E-state index in [0.29, 0.717) is 17.8 Å². The van der Waals surface area contributed by atoms with E-state index in [4.69, 9.17) is 4.74 Å². The Hall–Kier alpha value is -3.91. The van der Waals surface area contributed by atoms with E-state index in [0.717, 1.165) is 11.1 Å². The van der Waals surface area contributed by atoms with Crippen molar-refractivity contribution < 1.29 is 19.4 Å². The first-order valence-corrected chi connectivity index (χ1v) is 12.1. The van der Waals surface area contributed by atoms with Gasteiger partial charge in [-0.25, -0.2) is 9.78 Å². The van der Waals surface area contributed by atoms with Crippen LogP contribution in [0.15, 0.2) is 72.9 Å². The fraction of sp³-hybridized carbons (Fsp3) is 0.321. The number of amides is 3. The molecule has 1 aliphatic rings. The molecule has 188 valence electrons. The Bertz CT molecular complexity index is 1190. The Morgan fingerprint density at radius 2 is 1.83 bits per heavy atom. The van der Waals surface area contributed by atoms with E-state index < -0.39 is 6.10 Å². The molecule has 3 atom stereocenters. The van der Waals surface area contributed by atoms with Gasteiger partial charge in [0.05, 0.1) is 19.2 Å². The van der Waals surface area contributed by atoms with Gasteiger partial charge in [-0.3, -0.25) is 4.79 Å². The van der Waals surface area contributed by atoms with Crippen LogP contribution >= 0.6 is 0 Å². The van der Waals surface area contributed by atoms with E-state index in [-0.39, 0.29) is 42.9 Å². The fourth-order valence-corrected chi connectivity index (χ4v) is 4.20. The zero-order chi connectivity index (χ0) is 25.7. The summed E-state index contributed by atoms with van der Waals surface area (Å²) in [6.07, 6.45) is 1.27. The number of fused-ring (bicyclic) bond motifs is 1. The molecule has 8 heteroatoms. The van der Waals surface area contributed by atoms with E-state index in [1.807, 2.05) is 74.5 Å². The standard InChI is InChI=1S/C28H32N4O4/c1-19-16-32(20(2)18-33)27(34)24-14-22(21-10-6-4-7-11-21)15-29-26(24)36-25(19)17-31(3)28(35)30-23-12-8-5-9-13-23/h4-15,19-20,25,33H,16-18H2,1-3H3,(H,30,35)/t19-,20+,25-/m1/s1. The number of likely N-dealkylation sites (N-methyl/N-ethyl adjacent to an activating group) is 1. The summed E-state index contributed by atoms with van der Waals surface area (Å²) < 4.78 is 6.30. The van der Waals surface area contributed by atoms with Crippen LogP contribution in [0.2, 0.25) is 0 Å². The number of nitrogens with zero attached hydrogens (tertiary/aromatic N) is 3. The minimum Gasteiger partial charge on any atom is -0.472 e. The van der Waals surface area contributed by atoms with Gasteiger partial charge in [-0.1, -0.05) is 55.5 Å². The van der Waals surface area contributed by atoms with Crippen LogP contribution in [0.1, 0.15) is 24.2 Å². The Kier molecular flexibility index (Phi) is 7.85. The van der Waals surface area contributed by atoms with Gasteiger partial charge in [0.25, 0.3) is 5.91 Å². The van der Waals surface area contributed by atoms with Crippen LogP contribution in [0, 0.1) is 5.92 Å². The first kappa shape index (κ1) is 25.2. The van der Waals surface area contributed by atoms with Crippen LogP contribution < -0.4 is 10.1 Å². The van der Waals surface area contributed by atoms with E-state index in [1.54, 1.807) is 29.1 Å². The molecule has 0 saturated heterocycles. The number of aliphatic hydroxyl groups excluding tert-OH is 1. The highest BCUT2D eigenvalue weighted by molar-refractivity contribution is 5.98. The number of carbonyl (C=O) groups excluding carboxylic acids is 2. The maximum absolute atomic E-state index is 13.6. The lowest BCUT2D eigenvalue weighted by molar-refractivity contribution is 0.0356. The maximum Gasteiger partial charge on any atom is 0.321 e. The topological polar surface area (TPSA) is 95.0 Å². The number of anilines is 1. The van der Waals surface area contributed by atoms with E-state index in [2.05, 4.69) is 10.3 Å². The Balaban J connectivity index is 1.62. The molecule has 0 bridgehead atoms. The van der Waals surface area contributed by atoms with Gasteiger partial charge in [0.15, 0.2) is 0 Å². The number of hydrogen-bond donors (Lipinski definition) is 2. The summed E-state index contributed by atoms with van der Waals surface area (Å²) in [6.45, 7) is 4.28. The number of benzene rings is 2. The van der Waals surface area contributed by atoms with Gasteiger partial charge < -0.3 is 25.0 Å². The predicted octanol–water partition coefficient (Wildman–Crippen LogP) is 4.13. The molecule has 0 saturated carbocycles. The van der Waals surface area contributed by atoms with Crippen LogP contribution in [0.3, 0.4) is 0 Å². The third kappa shape index (κ3) is 5.66. The Morgan fingerprint density at radius 3 is 2.50 bits per heavy atom. The third-order valence-corrected chi connectivity index (χ3v) is 6.45. The molecule has 0 aliphatic carbocycles. The molecular weight excluding hydrogens is 456 g/mol. The van der Waals surface area contributed by atoms with E-state index in [1.165, 1.54) is 0 Å². The van der Waals surface area contributed by atoms with Crippen molar-refractivity contribution >= 4 is 17.6 Å². The van der Waals surface area contributed by atoms with Crippen molar-refractivity contribution in [1.82, 2.24) is 14.8 Å². The number of para-hydroxylation sites is 1. The Labute approximate surface area is 211 Å². The number of hydrogen-bond acceptors (Lipinski definition) is 5. The van der Waals surface area contributed by atoms with Crippen molar-refractivity contribution in [2.75, 3.05) is 32.1 Å². The second-order valence-electron chi connectivity index (χ2n) is 9.24. The molecule has 2 N–H and O–H groups in total. The summed E-state index contributed by atoms with van der Waals surface area (Å²) >= 11 is 0. The summed E-state index contributed by atoms with van der Waals surface area (Å²) in [6, 6.07) is 20.1. The van der Waals surface area contributed by atoms with Crippen LogP contribution in [0.4, 0.5) is 10.5 Å². The van der Waals surface area contributed by atoms with E-state index in [9.17, 15) is 14.7 Å². The number of urea groups is 1. The van der Waals surface area contributed by atoms with Gasteiger partial charge in [0.2, 0.25) is 5.88 Å². The van der Waals surface area contributed by atoms with Crippen molar-refractivity contribution in [3.05, 3.63) is 78.5 Å². The van der Waals surface area contributed by atoms with Crippen molar-refractivity contribution in [3.8, 4) is 17.0 Å². The molecular formula is C28H32N4O4. The molecule has 3 aromatic rings. The largest absolute Gasteiger partial charge is 0.472 e. The molecule has 2 heterocycles. The van der Waals surface area contributed by atoms with Gasteiger partial charge >= 0.3 is 6.03 Å². The average molecular weight is 489 g/mol. The highest BCUT2D eigenvalue weighted by Crippen LogP contribution is 2.30. The minimum absolute atomic E-state index is 0.126. The summed E-state index contributed by atoms with van der Waals surface area (Å²) in [5.41, 5.74) is 2.78. The van der Waals surface area contributed by atoms with Gasteiger partial charge in [-0.05, 0) is 30.7 Å². The zero-order valence-corrected chi connectivity index (χ0v) is 20.8.